The summed E-state index contributed by atoms with van der Waals surface area (Å²) in [7, 11) is 0. The Kier molecular flexibility index (Phi) is 5.66. The zero-order valence-corrected chi connectivity index (χ0v) is 17.3. The first-order valence-corrected chi connectivity index (χ1v) is 10.1. The predicted octanol–water partition coefficient (Wildman–Crippen LogP) is 4.41. The predicted molar refractivity (Wildman–Crippen MR) is 124 cm³/mol. The van der Waals surface area contributed by atoms with Crippen molar-refractivity contribution in [1.29, 1.82) is 0 Å². The molecule has 0 spiro atoms. The number of para-hydroxylation sites is 2. The molecule has 0 unspecified atom stereocenters. The van der Waals surface area contributed by atoms with Crippen molar-refractivity contribution in [3.63, 3.8) is 0 Å². The highest BCUT2D eigenvalue weighted by Crippen LogP contribution is 2.19. The monoisotopic (exact) mass is 413 g/mol. The average Bonchev–Trinajstić information content (AvgIpc) is 2.78. The van der Waals surface area contributed by atoms with Crippen LogP contribution < -0.4 is 21.7 Å². The van der Waals surface area contributed by atoms with Crippen molar-refractivity contribution in [3.05, 3.63) is 94.3 Å². The number of benzene rings is 3. The van der Waals surface area contributed by atoms with Crippen LogP contribution in [0.2, 0.25) is 0 Å². The summed E-state index contributed by atoms with van der Waals surface area (Å²) >= 11 is 0. The number of amides is 2. The maximum absolute atomic E-state index is 13.3. The van der Waals surface area contributed by atoms with Crippen LogP contribution in [0.5, 0.6) is 0 Å². The molecule has 7 nitrogen and oxygen atoms in total. The summed E-state index contributed by atoms with van der Waals surface area (Å²) in [5.41, 5.74) is 9.15. The summed E-state index contributed by atoms with van der Waals surface area (Å²) in [6.07, 6.45) is 0.746. The summed E-state index contributed by atoms with van der Waals surface area (Å²) in [4.78, 5) is 30.4. The fourth-order valence-electron chi connectivity index (χ4n) is 3.47. The van der Waals surface area contributed by atoms with Crippen LogP contribution in [0.1, 0.15) is 18.1 Å². The fraction of sp³-hybridized carbons (Fsp3) is 0.125. The Morgan fingerprint density at radius 1 is 1.00 bits per heavy atom. The number of carbonyl (C=O) groups excluding carboxylic acids is 1. The molecule has 156 valence electrons. The van der Waals surface area contributed by atoms with Crippen molar-refractivity contribution in [1.82, 2.24) is 15.0 Å². The van der Waals surface area contributed by atoms with Gasteiger partial charge in [0.1, 0.15) is 0 Å². The molecule has 0 radical (unpaired) electrons. The van der Waals surface area contributed by atoms with E-state index in [-0.39, 0.29) is 11.5 Å². The lowest BCUT2D eigenvalue weighted by atomic mass is 10.1. The SMILES string of the molecule is CCc1ccccc1-n1c(NNC(=O)Nc2cccc(C)c2)nc2ccccc2c1=O. The number of aromatic nitrogens is 2. The van der Waals surface area contributed by atoms with Gasteiger partial charge in [-0.05, 0) is 54.8 Å². The lowest BCUT2D eigenvalue weighted by Crippen LogP contribution is -2.37. The molecule has 3 N–H and O–H groups in total. The number of rotatable bonds is 5. The van der Waals surface area contributed by atoms with E-state index in [2.05, 4.69) is 21.2 Å². The Balaban J connectivity index is 1.71. The van der Waals surface area contributed by atoms with E-state index in [1.807, 2.05) is 68.4 Å². The van der Waals surface area contributed by atoms with Gasteiger partial charge in [-0.2, -0.15) is 0 Å². The molecule has 0 atom stereocenters. The first-order valence-electron chi connectivity index (χ1n) is 10.1. The van der Waals surface area contributed by atoms with Gasteiger partial charge in [-0.15, -0.1) is 0 Å². The van der Waals surface area contributed by atoms with Crippen molar-refractivity contribution in [2.75, 3.05) is 10.7 Å². The molecule has 0 saturated heterocycles. The van der Waals surface area contributed by atoms with Gasteiger partial charge in [0.15, 0.2) is 0 Å². The molecule has 3 aromatic carbocycles. The van der Waals surface area contributed by atoms with Crippen molar-refractivity contribution in [3.8, 4) is 5.69 Å². The molecule has 4 rings (SSSR count). The molecule has 31 heavy (non-hydrogen) atoms. The minimum Gasteiger partial charge on any atom is -0.307 e. The van der Waals surface area contributed by atoms with Gasteiger partial charge in [-0.25, -0.2) is 19.8 Å². The highest BCUT2D eigenvalue weighted by molar-refractivity contribution is 5.90. The zero-order valence-electron chi connectivity index (χ0n) is 17.3. The Morgan fingerprint density at radius 3 is 2.58 bits per heavy atom. The number of hydrogen-bond donors (Lipinski definition) is 3. The number of fused-ring (bicyclic) bond motifs is 1. The topological polar surface area (TPSA) is 88.1 Å². The second kappa shape index (κ2) is 8.71. The maximum Gasteiger partial charge on any atom is 0.337 e. The smallest absolute Gasteiger partial charge is 0.307 e. The molecule has 0 fully saturated rings. The molecule has 2 amide bonds. The molecule has 4 aromatic rings. The standard InChI is InChI=1S/C24H23N5O2/c1-3-17-10-4-7-14-21(17)29-22(30)19-12-5-6-13-20(19)26-23(29)27-28-24(31)25-18-11-8-9-16(2)15-18/h4-15H,3H2,1-2H3,(H,26,27)(H2,25,28,31). The van der Waals surface area contributed by atoms with Gasteiger partial charge in [-0.3, -0.25) is 10.2 Å². The molecule has 0 bridgehead atoms. The van der Waals surface area contributed by atoms with E-state index in [1.165, 1.54) is 4.57 Å². The van der Waals surface area contributed by atoms with E-state index in [0.29, 0.717) is 16.6 Å². The van der Waals surface area contributed by atoms with E-state index in [4.69, 9.17) is 0 Å². The molecule has 0 aliphatic rings. The van der Waals surface area contributed by atoms with Gasteiger partial charge < -0.3 is 5.32 Å². The Labute approximate surface area is 179 Å². The van der Waals surface area contributed by atoms with E-state index >= 15 is 0 Å². The Hall–Kier alpha value is -4.13. The van der Waals surface area contributed by atoms with Crippen LogP contribution in [0.3, 0.4) is 0 Å². The number of hydrazine groups is 1. The third kappa shape index (κ3) is 4.25. The van der Waals surface area contributed by atoms with E-state index in [0.717, 1.165) is 23.2 Å². The highest BCUT2D eigenvalue weighted by atomic mass is 16.2. The Bertz CT molecular complexity index is 1310. The first-order chi connectivity index (χ1) is 15.1. The lowest BCUT2D eigenvalue weighted by molar-refractivity contribution is 0.253. The molecule has 0 aliphatic carbocycles. The second-order valence-corrected chi connectivity index (χ2v) is 7.15. The number of carbonyl (C=O) groups is 1. The largest absolute Gasteiger partial charge is 0.337 e. The van der Waals surface area contributed by atoms with Crippen LogP contribution in [0.25, 0.3) is 16.6 Å². The van der Waals surface area contributed by atoms with Crippen molar-refractivity contribution < 1.29 is 4.79 Å². The average molecular weight is 413 g/mol. The molecule has 0 aliphatic heterocycles. The molecular formula is C24H23N5O2. The van der Waals surface area contributed by atoms with Gasteiger partial charge in [-0.1, -0.05) is 49.4 Å². The van der Waals surface area contributed by atoms with Gasteiger partial charge >= 0.3 is 6.03 Å². The summed E-state index contributed by atoms with van der Waals surface area (Å²) in [5.74, 6) is 0.226. The van der Waals surface area contributed by atoms with Gasteiger partial charge in [0.2, 0.25) is 5.95 Å². The normalized spacial score (nSPS) is 10.6. The second-order valence-electron chi connectivity index (χ2n) is 7.15. The highest BCUT2D eigenvalue weighted by Gasteiger charge is 2.15. The fourth-order valence-corrected chi connectivity index (χ4v) is 3.47. The summed E-state index contributed by atoms with van der Waals surface area (Å²) in [6.45, 7) is 3.98. The third-order valence-electron chi connectivity index (χ3n) is 4.95. The summed E-state index contributed by atoms with van der Waals surface area (Å²) in [5, 5.41) is 3.26. The minimum absolute atomic E-state index is 0.213. The number of hydrogen-bond acceptors (Lipinski definition) is 4. The number of anilines is 2. The van der Waals surface area contributed by atoms with Gasteiger partial charge in [0.05, 0.1) is 16.6 Å². The van der Waals surface area contributed by atoms with Crippen molar-refractivity contribution in [2.24, 2.45) is 0 Å². The quantitative estimate of drug-likeness (QED) is 0.423. The molecule has 0 saturated carbocycles. The van der Waals surface area contributed by atoms with Crippen molar-refractivity contribution in [2.45, 2.75) is 20.3 Å². The number of urea groups is 1. The number of nitrogens with one attached hydrogen (secondary N) is 3. The zero-order chi connectivity index (χ0) is 21.8. The third-order valence-corrected chi connectivity index (χ3v) is 4.95. The van der Waals surface area contributed by atoms with Crippen LogP contribution >= 0.6 is 0 Å². The van der Waals surface area contributed by atoms with E-state index in [1.54, 1.807) is 18.2 Å². The van der Waals surface area contributed by atoms with Crippen LogP contribution in [-0.2, 0) is 6.42 Å². The van der Waals surface area contributed by atoms with E-state index in [9.17, 15) is 9.59 Å². The van der Waals surface area contributed by atoms with Crippen LogP contribution in [0.15, 0.2) is 77.6 Å². The first kappa shape index (κ1) is 20.2. The molecule has 7 heteroatoms. The summed E-state index contributed by atoms with van der Waals surface area (Å²) < 4.78 is 1.49. The molecule has 1 aromatic heterocycles. The van der Waals surface area contributed by atoms with E-state index < -0.39 is 6.03 Å². The van der Waals surface area contributed by atoms with Crippen LogP contribution in [0.4, 0.5) is 16.4 Å². The molecular weight excluding hydrogens is 390 g/mol. The number of nitrogens with zero attached hydrogens (tertiary/aromatic N) is 2. The lowest BCUT2D eigenvalue weighted by Gasteiger charge is -2.17. The summed E-state index contributed by atoms with van der Waals surface area (Å²) in [6, 6.07) is 21.8. The van der Waals surface area contributed by atoms with Crippen LogP contribution in [0, 0.1) is 6.92 Å². The minimum atomic E-state index is -0.469. The molecule has 1 heterocycles. The van der Waals surface area contributed by atoms with Crippen molar-refractivity contribution >= 4 is 28.6 Å². The van der Waals surface area contributed by atoms with Gasteiger partial charge in [0.25, 0.3) is 5.56 Å². The maximum atomic E-state index is 13.3. The van der Waals surface area contributed by atoms with Gasteiger partial charge in [0, 0.05) is 5.69 Å². The number of aryl methyl sites for hydroxylation is 2. The van der Waals surface area contributed by atoms with Crippen LogP contribution in [-0.4, -0.2) is 15.6 Å². The Morgan fingerprint density at radius 2 is 1.77 bits per heavy atom.